The van der Waals surface area contributed by atoms with Crippen LogP contribution in [0.15, 0.2) is 11.6 Å². The van der Waals surface area contributed by atoms with Crippen LogP contribution in [0.2, 0.25) is 0 Å². The molecule has 0 rings (SSSR count). The molecule has 3 nitrogen and oxygen atoms in total. The summed E-state index contributed by atoms with van der Waals surface area (Å²) in [7, 11) is 1.53. The van der Waals surface area contributed by atoms with Crippen molar-refractivity contribution < 1.29 is 14.6 Å². The maximum Gasteiger partial charge on any atom is 0.328 e. The summed E-state index contributed by atoms with van der Waals surface area (Å²) < 4.78 is 4.67. The number of carboxylic acids is 1. The van der Waals surface area contributed by atoms with Crippen molar-refractivity contribution in [3.8, 4) is 0 Å². The van der Waals surface area contributed by atoms with Crippen molar-refractivity contribution >= 4 is 5.97 Å². The van der Waals surface area contributed by atoms with Crippen molar-refractivity contribution in [1.29, 1.82) is 0 Å². The van der Waals surface area contributed by atoms with Gasteiger partial charge in [-0.1, -0.05) is 0 Å². The fraction of sp³-hybridized carbons (Fsp3) is 0.500. The van der Waals surface area contributed by atoms with Crippen LogP contribution in [0.1, 0.15) is 6.92 Å². The molecule has 0 aromatic carbocycles. The third kappa shape index (κ3) is 5.03. The molecule has 0 unspecified atom stereocenters. The fourth-order valence-electron chi connectivity index (χ4n) is 0.480. The lowest BCUT2D eigenvalue weighted by molar-refractivity contribution is -0.131. The Morgan fingerprint density at radius 2 is 2.33 bits per heavy atom. The third-order valence-electron chi connectivity index (χ3n) is 0.742. The van der Waals surface area contributed by atoms with Gasteiger partial charge in [-0.2, -0.15) is 0 Å². The number of methoxy groups -OCH3 is 1. The summed E-state index contributed by atoms with van der Waals surface area (Å²) >= 11 is 0. The molecule has 0 spiro atoms. The Bertz CT molecular complexity index is 126. The van der Waals surface area contributed by atoms with E-state index in [0.29, 0.717) is 12.2 Å². The number of carboxylic acid groups (broad SMARTS) is 1. The van der Waals surface area contributed by atoms with Crippen LogP contribution in [-0.2, 0) is 9.53 Å². The first kappa shape index (κ1) is 8.17. The minimum atomic E-state index is -0.926. The van der Waals surface area contributed by atoms with E-state index in [1.165, 1.54) is 7.11 Å². The Morgan fingerprint density at radius 1 is 1.78 bits per heavy atom. The van der Waals surface area contributed by atoms with E-state index < -0.39 is 5.97 Å². The molecule has 0 fully saturated rings. The van der Waals surface area contributed by atoms with Gasteiger partial charge in [-0.15, -0.1) is 0 Å². The number of aliphatic carboxylic acids is 1. The van der Waals surface area contributed by atoms with E-state index >= 15 is 0 Å². The van der Waals surface area contributed by atoms with Crippen LogP contribution < -0.4 is 0 Å². The Kier molecular flexibility index (Phi) is 3.71. The average molecular weight is 130 g/mol. The second kappa shape index (κ2) is 4.09. The summed E-state index contributed by atoms with van der Waals surface area (Å²) in [5.74, 6) is -0.926. The molecule has 0 aromatic rings. The molecule has 0 saturated carbocycles. The topological polar surface area (TPSA) is 46.5 Å². The zero-order valence-electron chi connectivity index (χ0n) is 5.55. The van der Waals surface area contributed by atoms with Crippen LogP contribution >= 0.6 is 0 Å². The maximum atomic E-state index is 9.95. The smallest absolute Gasteiger partial charge is 0.328 e. The lowest BCUT2D eigenvalue weighted by atomic mass is 10.3. The standard InChI is InChI=1S/C6H10O3/c1-5(4-9-2)3-6(7)8/h3H,4H2,1-2H3,(H,7,8)/b5-3-. The maximum absolute atomic E-state index is 9.95. The lowest BCUT2D eigenvalue weighted by Crippen LogP contribution is -1.95. The van der Waals surface area contributed by atoms with E-state index in [1.54, 1.807) is 6.92 Å². The van der Waals surface area contributed by atoms with Gasteiger partial charge in [0.05, 0.1) is 6.61 Å². The van der Waals surface area contributed by atoms with Crippen LogP contribution in [-0.4, -0.2) is 24.8 Å². The number of hydrogen-bond acceptors (Lipinski definition) is 2. The zero-order chi connectivity index (χ0) is 7.28. The molecule has 0 aliphatic carbocycles. The minimum Gasteiger partial charge on any atom is -0.478 e. The molecular weight excluding hydrogens is 120 g/mol. The number of carbonyl (C=O) groups is 1. The van der Waals surface area contributed by atoms with Crippen molar-refractivity contribution in [3.05, 3.63) is 11.6 Å². The summed E-state index contributed by atoms with van der Waals surface area (Å²) in [6.45, 7) is 2.09. The molecule has 0 aliphatic rings. The number of rotatable bonds is 3. The number of hydrogen-bond donors (Lipinski definition) is 1. The van der Waals surface area contributed by atoms with E-state index in [4.69, 9.17) is 5.11 Å². The number of ether oxygens (including phenoxy) is 1. The fourth-order valence-corrected chi connectivity index (χ4v) is 0.480. The molecule has 0 heterocycles. The van der Waals surface area contributed by atoms with E-state index in [-0.39, 0.29) is 0 Å². The molecule has 0 bridgehead atoms. The van der Waals surface area contributed by atoms with E-state index in [9.17, 15) is 4.79 Å². The van der Waals surface area contributed by atoms with Crippen molar-refractivity contribution in [2.45, 2.75) is 6.92 Å². The summed E-state index contributed by atoms with van der Waals surface area (Å²) in [6.07, 6.45) is 1.13. The Morgan fingerprint density at radius 3 is 2.67 bits per heavy atom. The van der Waals surface area contributed by atoms with Crippen molar-refractivity contribution in [2.75, 3.05) is 13.7 Å². The van der Waals surface area contributed by atoms with Gasteiger partial charge in [0.2, 0.25) is 0 Å². The van der Waals surface area contributed by atoms with Crippen molar-refractivity contribution in [3.63, 3.8) is 0 Å². The van der Waals surface area contributed by atoms with Gasteiger partial charge in [-0.3, -0.25) is 0 Å². The van der Waals surface area contributed by atoms with E-state index in [2.05, 4.69) is 4.74 Å². The Hall–Kier alpha value is -0.830. The minimum absolute atomic E-state index is 0.381. The highest BCUT2D eigenvalue weighted by Crippen LogP contribution is 1.90. The molecule has 0 saturated heterocycles. The lowest BCUT2D eigenvalue weighted by Gasteiger charge is -1.94. The molecule has 0 aliphatic heterocycles. The molecule has 52 valence electrons. The van der Waals surface area contributed by atoms with Gasteiger partial charge in [0.15, 0.2) is 0 Å². The predicted octanol–water partition coefficient (Wildman–Crippen LogP) is 0.664. The van der Waals surface area contributed by atoms with Gasteiger partial charge in [0.1, 0.15) is 0 Å². The van der Waals surface area contributed by atoms with Crippen LogP contribution in [0.3, 0.4) is 0 Å². The Labute approximate surface area is 53.9 Å². The van der Waals surface area contributed by atoms with Crippen molar-refractivity contribution in [1.82, 2.24) is 0 Å². The van der Waals surface area contributed by atoms with E-state index in [0.717, 1.165) is 6.08 Å². The van der Waals surface area contributed by atoms with Gasteiger partial charge in [0.25, 0.3) is 0 Å². The van der Waals surface area contributed by atoms with E-state index in [1.807, 2.05) is 0 Å². The summed E-state index contributed by atoms with van der Waals surface area (Å²) in [5, 5.41) is 8.18. The molecule has 0 amide bonds. The SMILES string of the molecule is COC/C(C)=C\C(=O)O. The van der Waals surface area contributed by atoms with Gasteiger partial charge >= 0.3 is 5.97 Å². The first-order valence-electron chi connectivity index (χ1n) is 2.56. The molecule has 0 atom stereocenters. The molecule has 0 radical (unpaired) electrons. The van der Waals surface area contributed by atoms with Crippen LogP contribution in [0, 0.1) is 0 Å². The zero-order valence-corrected chi connectivity index (χ0v) is 5.55. The second-order valence-electron chi connectivity index (χ2n) is 1.76. The summed E-state index contributed by atoms with van der Waals surface area (Å²) in [6, 6.07) is 0. The normalized spacial score (nSPS) is 11.6. The molecular formula is C6H10O3. The predicted molar refractivity (Wildman–Crippen MR) is 33.3 cm³/mol. The highest BCUT2D eigenvalue weighted by molar-refractivity contribution is 5.80. The largest absolute Gasteiger partial charge is 0.478 e. The first-order chi connectivity index (χ1) is 4.16. The second-order valence-corrected chi connectivity index (χ2v) is 1.76. The molecule has 3 heteroatoms. The van der Waals surface area contributed by atoms with Gasteiger partial charge in [-0.05, 0) is 12.5 Å². The third-order valence-corrected chi connectivity index (χ3v) is 0.742. The average Bonchev–Trinajstić information content (AvgIpc) is 1.63. The monoisotopic (exact) mass is 130 g/mol. The van der Waals surface area contributed by atoms with Gasteiger partial charge in [-0.25, -0.2) is 4.79 Å². The van der Waals surface area contributed by atoms with Crippen LogP contribution in [0.25, 0.3) is 0 Å². The quantitative estimate of drug-likeness (QED) is 0.571. The highest BCUT2D eigenvalue weighted by atomic mass is 16.5. The molecule has 9 heavy (non-hydrogen) atoms. The summed E-state index contributed by atoms with van der Waals surface area (Å²) in [4.78, 5) is 9.95. The van der Waals surface area contributed by atoms with Crippen molar-refractivity contribution in [2.24, 2.45) is 0 Å². The highest BCUT2D eigenvalue weighted by Gasteiger charge is 1.91. The van der Waals surface area contributed by atoms with Gasteiger partial charge in [0, 0.05) is 13.2 Å². The summed E-state index contributed by atoms with van der Waals surface area (Å²) in [5.41, 5.74) is 0.713. The van der Waals surface area contributed by atoms with Crippen LogP contribution in [0.4, 0.5) is 0 Å². The Balaban J connectivity index is 3.69. The van der Waals surface area contributed by atoms with Gasteiger partial charge < -0.3 is 9.84 Å². The molecule has 1 N–H and O–H groups in total. The molecule has 0 aromatic heterocycles. The first-order valence-corrected chi connectivity index (χ1v) is 2.56. The van der Waals surface area contributed by atoms with Crippen LogP contribution in [0.5, 0.6) is 0 Å².